The Kier molecular flexibility index (Phi) is 12.6. The summed E-state index contributed by atoms with van der Waals surface area (Å²) < 4.78 is 0. The predicted octanol–water partition coefficient (Wildman–Crippen LogP) is 6.82. The molecule has 0 amide bonds. The van der Waals surface area contributed by atoms with Crippen LogP contribution < -0.4 is 0 Å². The molecule has 0 spiro atoms. The first-order chi connectivity index (χ1) is 13.8. The highest BCUT2D eigenvalue weighted by atomic mass is 16.4. The van der Waals surface area contributed by atoms with Crippen molar-refractivity contribution < 1.29 is 9.90 Å². The molecule has 0 saturated carbocycles. The third-order valence-electron chi connectivity index (χ3n) is 6.92. The lowest BCUT2D eigenvalue weighted by atomic mass is 9.76. The normalized spacial score (nSPS) is 24.2. The SMILES string of the molecule is O=C(O)CCCCCCC/C=C\CCCCCCCC[C@H]1CN2CCC1CC2. The van der Waals surface area contributed by atoms with Crippen molar-refractivity contribution in [2.45, 2.75) is 109 Å². The number of fused-ring (bicyclic) bond motifs is 3. The number of hydrogen-bond donors (Lipinski definition) is 1. The van der Waals surface area contributed by atoms with Crippen LogP contribution in [0.1, 0.15) is 109 Å². The molecular weight excluding hydrogens is 346 g/mol. The Balaban J connectivity index is 1.27. The van der Waals surface area contributed by atoms with Gasteiger partial charge in [0, 0.05) is 13.0 Å². The molecule has 3 nitrogen and oxygen atoms in total. The van der Waals surface area contributed by atoms with Crippen LogP contribution in [0.25, 0.3) is 0 Å². The Bertz CT molecular complexity index is 426. The van der Waals surface area contributed by atoms with E-state index in [2.05, 4.69) is 17.1 Å². The second kappa shape index (κ2) is 15.1. The standard InChI is InChI=1S/C25H45NO2/c27-25(28)17-15-13-11-9-7-5-3-1-2-4-6-8-10-12-14-16-24-22-26-20-18-23(24)19-21-26/h1,3,23-24H,2,4-22H2,(H,27,28)/b3-1-/t24-/m0/s1. The fourth-order valence-electron chi connectivity index (χ4n) is 5.09. The van der Waals surface area contributed by atoms with Crippen molar-refractivity contribution in [1.82, 2.24) is 4.90 Å². The van der Waals surface area contributed by atoms with Crippen LogP contribution in [0.3, 0.4) is 0 Å². The number of carbonyl (C=O) groups is 1. The molecule has 3 aliphatic rings. The lowest BCUT2D eigenvalue weighted by Gasteiger charge is -2.45. The van der Waals surface area contributed by atoms with Crippen molar-refractivity contribution >= 4 is 5.97 Å². The third-order valence-corrected chi connectivity index (χ3v) is 6.92. The van der Waals surface area contributed by atoms with Crippen molar-refractivity contribution in [3.63, 3.8) is 0 Å². The molecule has 0 radical (unpaired) electrons. The second-order valence-corrected chi connectivity index (χ2v) is 9.27. The molecule has 162 valence electrons. The number of rotatable bonds is 17. The molecule has 0 aromatic carbocycles. The van der Waals surface area contributed by atoms with Gasteiger partial charge >= 0.3 is 5.97 Å². The van der Waals surface area contributed by atoms with E-state index in [0.29, 0.717) is 6.42 Å². The summed E-state index contributed by atoms with van der Waals surface area (Å²) in [5.74, 6) is 1.43. The van der Waals surface area contributed by atoms with Gasteiger partial charge in [0.25, 0.3) is 0 Å². The third kappa shape index (κ3) is 10.6. The largest absolute Gasteiger partial charge is 0.481 e. The van der Waals surface area contributed by atoms with Crippen LogP contribution in [0.5, 0.6) is 0 Å². The van der Waals surface area contributed by atoms with Crippen molar-refractivity contribution in [1.29, 1.82) is 0 Å². The Morgan fingerprint density at radius 2 is 1.32 bits per heavy atom. The molecule has 0 aromatic heterocycles. The summed E-state index contributed by atoms with van der Waals surface area (Å²) >= 11 is 0. The molecule has 0 aliphatic carbocycles. The van der Waals surface area contributed by atoms with Crippen LogP contribution in [-0.4, -0.2) is 35.6 Å². The lowest BCUT2D eigenvalue weighted by Crippen LogP contribution is -2.47. The number of carboxylic acids is 1. The summed E-state index contributed by atoms with van der Waals surface area (Å²) in [5, 5.41) is 8.59. The molecule has 2 bridgehead atoms. The van der Waals surface area contributed by atoms with Crippen LogP contribution in [0.4, 0.5) is 0 Å². The first-order valence-electron chi connectivity index (χ1n) is 12.3. The van der Waals surface area contributed by atoms with Crippen LogP contribution >= 0.6 is 0 Å². The molecule has 0 aromatic rings. The molecule has 3 aliphatic heterocycles. The quantitative estimate of drug-likeness (QED) is 0.218. The van der Waals surface area contributed by atoms with Gasteiger partial charge in [-0.1, -0.05) is 63.5 Å². The summed E-state index contributed by atoms with van der Waals surface area (Å²) in [6.07, 6.45) is 26.0. The van der Waals surface area contributed by atoms with Gasteiger partial charge in [-0.25, -0.2) is 0 Å². The molecule has 1 atom stereocenters. The molecule has 28 heavy (non-hydrogen) atoms. The highest BCUT2D eigenvalue weighted by Crippen LogP contribution is 2.35. The van der Waals surface area contributed by atoms with Crippen molar-refractivity contribution in [3.8, 4) is 0 Å². The molecule has 0 unspecified atom stereocenters. The molecule has 3 saturated heterocycles. The average molecular weight is 392 g/mol. The number of hydrogen-bond acceptors (Lipinski definition) is 2. The van der Waals surface area contributed by atoms with Crippen LogP contribution in [0, 0.1) is 11.8 Å². The number of piperidine rings is 3. The topological polar surface area (TPSA) is 40.5 Å². The van der Waals surface area contributed by atoms with Gasteiger partial charge in [-0.05, 0) is 76.3 Å². The van der Waals surface area contributed by atoms with Crippen molar-refractivity contribution in [2.24, 2.45) is 11.8 Å². The van der Waals surface area contributed by atoms with Gasteiger partial charge in [0.15, 0.2) is 0 Å². The van der Waals surface area contributed by atoms with E-state index in [9.17, 15) is 4.79 Å². The van der Waals surface area contributed by atoms with E-state index in [1.807, 2.05) is 0 Å². The minimum atomic E-state index is -0.660. The lowest BCUT2D eigenvalue weighted by molar-refractivity contribution is -0.137. The second-order valence-electron chi connectivity index (χ2n) is 9.27. The zero-order valence-electron chi connectivity index (χ0n) is 18.3. The van der Waals surface area contributed by atoms with Gasteiger partial charge in [0.05, 0.1) is 0 Å². The van der Waals surface area contributed by atoms with Gasteiger partial charge in [-0.2, -0.15) is 0 Å². The van der Waals surface area contributed by atoms with Gasteiger partial charge < -0.3 is 10.0 Å². The fraction of sp³-hybridized carbons (Fsp3) is 0.880. The predicted molar refractivity (Wildman–Crippen MR) is 119 cm³/mol. The van der Waals surface area contributed by atoms with Gasteiger partial charge in [-0.15, -0.1) is 0 Å². The van der Waals surface area contributed by atoms with Crippen molar-refractivity contribution in [3.05, 3.63) is 12.2 Å². The van der Waals surface area contributed by atoms with Gasteiger partial charge in [-0.3, -0.25) is 4.79 Å². The Hall–Kier alpha value is -0.830. The molecular formula is C25H45NO2. The van der Waals surface area contributed by atoms with Gasteiger partial charge in [0.2, 0.25) is 0 Å². The highest BCUT2D eigenvalue weighted by molar-refractivity contribution is 5.66. The Morgan fingerprint density at radius 1 is 0.786 bits per heavy atom. The first-order valence-corrected chi connectivity index (χ1v) is 12.3. The van der Waals surface area contributed by atoms with E-state index in [1.54, 1.807) is 0 Å². The number of allylic oxidation sites excluding steroid dienone is 2. The zero-order chi connectivity index (χ0) is 19.9. The number of nitrogens with zero attached hydrogens (tertiary/aromatic N) is 1. The van der Waals surface area contributed by atoms with Crippen molar-refractivity contribution in [2.75, 3.05) is 19.6 Å². The van der Waals surface area contributed by atoms with E-state index in [-0.39, 0.29) is 0 Å². The molecule has 1 N–H and O–H groups in total. The Labute approximate surface area is 174 Å². The smallest absolute Gasteiger partial charge is 0.303 e. The van der Waals surface area contributed by atoms with E-state index < -0.39 is 5.97 Å². The molecule has 3 rings (SSSR count). The van der Waals surface area contributed by atoms with E-state index >= 15 is 0 Å². The maximum Gasteiger partial charge on any atom is 0.303 e. The minimum Gasteiger partial charge on any atom is -0.481 e. The van der Waals surface area contributed by atoms with Crippen LogP contribution in [0.2, 0.25) is 0 Å². The van der Waals surface area contributed by atoms with Crippen LogP contribution in [0.15, 0.2) is 12.2 Å². The highest BCUT2D eigenvalue weighted by Gasteiger charge is 2.33. The zero-order valence-corrected chi connectivity index (χ0v) is 18.3. The monoisotopic (exact) mass is 391 g/mol. The number of carboxylic acid groups (broad SMARTS) is 1. The maximum atomic E-state index is 10.4. The summed E-state index contributed by atoms with van der Waals surface area (Å²) in [6, 6.07) is 0. The molecule has 3 heteroatoms. The van der Waals surface area contributed by atoms with Gasteiger partial charge in [0.1, 0.15) is 0 Å². The minimum absolute atomic E-state index is 0.333. The summed E-state index contributed by atoms with van der Waals surface area (Å²) in [7, 11) is 0. The van der Waals surface area contributed by atoms with E-state index in [4.69, 9.17) is 5.11 Å². The summed E-state index contributed by atoms with van der Waals surface area (Å²) in [4.78, 5) is 13.1. The first kappa shape index (κ1) is 23.4. The number of aliphatic carboxylic acids is 1. The summed E-state index contributed by atoms with van der Waals surface area (Å²) in [5.41, 5.74) is 0. The summed E-state index contributed by atoms with van der Waals surface area (Å²) in [6.45, 7) is 4.16. The fourth-order valence-corrected chi connectivity index (χ4v) is 5.09. The molecule has 3 fully saturated rings. The van der Waals surface area contributed by atoms with E-state index in [1.165, 1.54) is 110 Å². The molecule has 3 heterocycles. The van der Waals surface area contributed by atoms with Crippen LogP contribution in [-0.2, 0) is 4.79 Å². The average Bonchev–Trinajstić information content (AvgIpc) is 2.71. The Morgan fingerprint density at radius 3 is 1.86 bits per heavy atom. The van der Waals surface area contributed by atoms with E-state index in [0.717, 1.165) is 24.7 Å². The number of unbranched alkanes of at least 4 members (excludes halogenated alkanes) is 11. The maximum absolute atomic E-state index is 10.4.